The highest BCUT2D eigenvalue weighted by Crippen LogP contribution is 2.26. The fraction of sp³-hybridized carbons (Fsp3) is 0.636. The lowest BCUT2D eigenvalue weighted by molar-refractivity contribution is 0.305. The van der Waals surface area contributed by atoms with Gasteiger partial charge in [0.15, 0.2) is 0 Å². The first-order chi connectivity index (χ1) is 6.77. The molecule has 0 aromatic heterocycles. The number of hydrogen-bond acceptors (Lipinski definition) is 2. The SMILES string of the molecule is CC1C=C(F)C=CC1[C@H]1CNCCN1. The summed E-state index contributed by atoms with van der Waals surface area (Å²) in [5.74, 6) is 0.609. The molecule has 3 atom stereocenters. The van der Waals surface area contributed by atoms with Crippen molar-refractivity contribution in [1.82, 2.24) is 10.6 Å². The van der Waals surface area contributed by atoms with Crippen LogP contribution in [-0.4, -0.2) is 25.7 Å². The fourth-order valence-electron chi connectivity index (χ4n) is 2.24. The van der Waals surface area contributed by atoms with E-state index in [1.54, 1.807) is 12.2 Å². The lowest BCUT2D eigenvalue weighted by Gasteiger charge is -2.33. The van der Waals surface area contributed by atoms with Crippen LogP contribution in [0.4, 0.5) is 4.39 Å². The van der Waals surface area contributed by atoms with Crippen molar-refractivity contribution in [1.29, 1.82) is 0 Å². The standard InChI is InChI=1S/C11H17FN2/c1-8-6-9(12)2-3-10(8)11-7-13-4-5-14-11/h2-3,6,8,10-11,13-14H,4-5,7H2,1H3/t8?,10?,11-/m1/s1. The third kappa shape index (κ3) is 2.04. The van der Waals surface area contributed by atoms with Crippen molar-refractivity contribution in [3.63, 3.8) is 0 Å². The predicted octanol–water partition coefficient (Wildman–Crippen LogP) is 1.22. The first-order valence-electron chi connectivity index (χ1n) is 5.27. The van der Waals surface area contributed by atoms with Crippen molar-refractivity contribution in [3.05, 3.63) is 24.1 Å². The first-order valence-corrected chi connectivity index (χ1v) is 5.27. The van der Waals surface area contributed by atoms with Crippen LogP contribution in [0.5, 0.6) is 0 Å². The number of piperazine rings is 1. The molecule has 1 heterocycles. The number of halogens is 1. The molecule has 1 fully saturated rings. The first kappa shape index (κ1) is 9.87. The topological polar surface area (TPSA) is 24.1 Å². The molecular formula is C11H17FN2. The Balaban J connectivity index is 2.01. The van der Waals surface area contributed by atoms with E-state index in [2.05, 4.69) is 17.6 Å². The molecule has 0 bridgehead atoms. The second-order valence-electron chi connectivity index (χ2n) is 4.11. The van der Waals surface area contributed by atoms with E-state index in [0.29, 0.717) is 12.0 Å². The quantitative estimate of drug-likeness (QED) is 0.659. The van der Waals surface area contributed by atoms with Crippen LogP contribution in [0.3, 0.4) is 0 Å². The van der Waals surface area contributed by atoms with Crippen molar-refractivity contribution in [2.24, 2.45) is 11.8 Å². The van der Waals surface area contributed by atoms with Gasteiger partial charge in [-0.2, -0.15) is 0 Å². The molecule has 2 nitrogen and oxygen atoms in total. The third-order valence-electron chi connectivity index (χ3n) is 3.04. The Labute approximate surface area is 84.3 Å². The van der Waals surface area contributed by atoms with Gasteiger partial charge in [0.2, 0.25) is 0 Å². The summed E-state index contributed by atoms with van der Waals surface area (Å²) in [5, 5.41) is 6.82. The molecule has 78 valence electrons. The molecule has 2 N–H and O–H groups in total. The Morgan fingerprint density at radius 2 is 2.29 bits per heavy atom. The molecular weight excluding hydrogens is 179 g/mol. The summed E-state index contributed by atoms with van der Waals surface area (Å²) in [7, 11) is 0. The Kier molecular flexibility index (Phi) is 2.99. The second kappa shape index (κ2) is 4.24. The van der Waals surface area contributed by atoms with E-state index in [1.165, 1.54) is 0 Å². The Bertz CT molecular complexity index is 254. The van der Waals surface area contributed by atoms with Gasteiger partial charge in [-0.15, -0.1) is 0 Å². The number of hydrogen-bond donors (Lipinski definition) is 2. The highest BCUT2D eigenvalue weighted by Gasteiger charge is 2.26. The monoisotopic (exact) mass is 196 g/mol. The fourth-order valence-corrected chi connectivity index (χ4v) is 2.24. The maximum Gasteiger partial charge on any atom is 0.119 e. The Morgan fingerprint density at radius 3 is 2.93 bits per heavy atom. The minimum Gasteiger partial charge on any atom is -0.314 e. The van der Waals surface area contributed by atoms with Crippen molar-refractivity contribution in [2.75, 3.05) is 19.6 Å². The normalized spacial score (nSPS) is 38.1. The van der Waals surface area contributed by atoms with Crippen LogP contribution in [0.25, 0.3) is 0 Å². The average molecular weight is 196 g/mol. The van der Waals surface area contributed by atoms with Crippen LogP contribution in [0.2, 0.25) is 0 Å². The van der Waals surface area contributed by atoms with E-state index in [1.807, 2.05) is 6.08 Å². The zero-order chi connectivity index (χ0) is 9.97. The maximum absolute atomic E-state index is 12.9. The molecule has 1 saturated heterocycles. The summed E-state index contributed by atoms with van der Waals surface area (Å²) in [6.07, 6.45) is 5.28. The zero-order valence-corrected chi connectivity index (χ0v) is 8.46. The molecule has 0 saturated carbocycles. The molecule has 2 aliphatic rings. The minimum absolute atomic E-state index is 0.0995. The van der Waals surface area contributed by atoms with Gasteiger partial charge in [0.05, 0.1) is 0 Å². The molecule has 0 aromatic carbocycles. The van der Waals surface area contributed by atoms with E-state index in [-0.39, 0.29) is 11.7 Å². The van der Waals surface area contributed by atoms with Crippen LogP contribution >= 0.6 is 0 Å². The summed E-state index contributed by atoms with van der Waals surface area (Å²) >= 11 is 0. The molecule has 0 aromatic rings. The number of allylic oxidation sites excluding steroid dienone is 3. The van der Waals surface area contributed by atoms with Crippen molar-refractivity contribution >= 4 is 0 Å². The smallest absolute Gasteiger partial charge is 0.119 e. The molecule has 1 aliphatic heterocycles. The molecule has 0 radical (unpaired) electrons. The van der Waals surface area contributed by atoms with Crippen LogP contribution in [0.1, 0.15) is 6.92 Å². The Hall–Kier alpha value is -0.670. The number of rotatable bonds is 1. The molecule has 14 heavy (non-hydrogen) atoms. The molecule has 2 rings (SSSR count). The maximum atomic E-state index is 12.9. The molecule has 3 heteroatoms. The highest BCUT2D eigenvalue weighted by molar-refractivity contribution is 5.21. The predicted molar refractivity (Wildman–Crippen MR) is 55.6 cm³/mol. The highest BCUT2D eigenvalue weighted by atomic mass is 19.1. The summed E-state index contributed by atoms with van der Waals surface area (Å²) in [4.78, 5) is 0. The number of nitrogens with one attached hydrogen (secondary N) is 2. The van der Waals surface area contributed by atoms with Gasteiger partial charge in [0, 0.05) is 25.7 Å². The minimum atomic E-state index is -0.0995. The molecule has 0 spiro atoms. The van der Waals surface area contributed by atoms with E-state index >= 15 is 0 Å². The molecule has 2 unspecified atom stereocenters. The van der Waals surface area contributed by atoms with Gasteiger partial charge >= 0.3 is 0 Å². The summed E-state index contributed by atoms with van der Waals surface area (Å²) in [6.45, 7) is 5.10. The third-order valence-corrected chi connectivity index (χ3v) is 3.04. The van der Waals surface area contributed by atoms with Crippen LogP contribution in [0.15, 0.2) is 24.1 Å². The van der Waals surface area contributed by atoms with Gasteiger partial charge in [-0.3, -0.25) is 0 Å². The van der Waals surface area contributed by atoms with Gasteiger partial charge in [-0.05, 0) is 24.0 Å². The van der Waals surface area contributed by atoms with Gasteiger partial charge in [0.1, 0.15) is 5.83 Å². The van der Waals surface area contributed by atoms with Crippen molar-refractivity contribution < 1.29 is 4.39 Å². The van der Waals surface area contributed by atoms with E-state index < -0.39 is 0 Å². The van der Waals surface area contributed by atoms with Crippen molar-refractivity contribution in [3.8, 4) is 0 Å². The Morgan fingerprint density at radius 1 is 1.43 bits per heavy atom. The van der Waals surface area contributed by atoms with Crippen molar-refractivity contribution in [2.45, 2.75) is 13.0 Å². The summed E-state index contributed by atoms with van der Waals surface area (Å²) in [6, 6.07) is 0.444. The van der Waals surface area contributed by atoms with Gasteiger partial charge in [-0.1, -0.05) is 13.0 Å². The lowest BCUT2D eigenvalue weighted by atomic mass is 9.83. The lowest BCUT2D eigenvalue weighted by Crippen LogP contribution is -2.52. The van der Waals surface area contributed by atoms with Gasteiger partial charge in [0.25, 0.3) is 0 Å². The van der Waals surface area contributed by atoms with Crippen LogP contribution in [0, 0.1) is 11.8 Å². The van der Waals surface area contributed by atoms with Gasteiger partial charge in [-0.25, -0.2) is 4.39 Å². The van der Waals surface area contributed by atoms with Gasteiger partial charge < -0.3 is 10.6 Å². The van der Waals surface area contributed by atoms with E-state index in [0.717, 1.165) is 19.6 Å². The molecule has 0 amide bonds. The largest absolute Gasteiger partial charge is 0.314 e. The van der Waals surface area contributed by atoms with E-state index in [4.69, 9.17) is 0 Å². The second-order valence-corrected chi connectivity index (χ2v) is 4.11. The molecule has 1 aliphatic carbocycles. The van der Waals surface area contributed by atoms with Crippen LogP contribution < -0.4 is 10.6 Å². The summed E-state index contributed by atoms with van der Waals surface area (Å²) in [5.41, 5.74) is 0. The van der Waals surface area contributed by atoms with Crippen LogP contribution in [-0.2, 0) is 0 Å². The van der Waals surface area contributed by atoms with E-state index in [9.17, 15) is 4.39 Å². The summed E-state index contributed by atoms with van der Waals surface area (Å²) < 4.78 is 12.9. The average Bonchev–Trinajstić information content (AvgIpc) is 2.19. The zero-order valence-electron chi connectivity index (χ0n) is 8.46.